The van der Waals surface area contributed by atoms with E-state index in [2.05, 4.69) is 49.7 Å². The summed E-state index contributed by atoms with van der Waals surface area (Å²) in [5.41, 5.74) is 4.12. The number of rotatable bonds is 1. The van der Waals surface area contributed by atoms with Crippen LogP contribution in [-0.4, -0.2) is 18.1 Å². The lowest BCUT2D eigenvalue weighted by molar-refractivity contribution is 0.280. The van der Waals surface area contributed by atoms with Crippen molar-refractivity contribution in [3.05, 3.63) is 23.5 Å². The van der Waals surface area contributed by atoms with E-state index in [4.69, 9.17) is 0 Å². The zero-order chi connectivity index (χ0) is 11.8. The van der Waals surface area contributed by atoms with Crippen LogP contribution < -0.4 is 4.90 Å². The summed E-state index contributed by atoms with van der Waals surface area (Å²) in [5.74, 6) is 0. The minimum Gasteiger partial charge on any atom is -0.371 e. The fourth-order valence-corrected chi connectivity index (χ4v) is 2.37. The molecule has 1 aromatic heterocycles. The van der Waals surface area contributed by atoms with Gasteiger partial charge in [0, 0.05) is 30.2 Å². The zero-order valence-electron chi connectivity index (χ0n) is 10.9. The van der Waals surface area contributed by atoms with Crippen molar-refractivity contribution in [2.24, 2.45) is 5.41 Å². The number of hydrogen-bond donors (Lipinski definition) is 0. The van der Waals surface area contributed by atoms with Crippen molar-refractivity contribution in [3.63, 3.8) is 0 Å². The van der Waals surface area contributed by atoms with Crippen LogP contribution >= 0.6 is 0 Å². The van der Waals surface area contributed by atoms with Gasteiger partial charge in [-0.2, -0.15) is 0 Å². The molecule has 88 valence electrons. The highest BCUT2D eigenvalue weighted by Crippen LogP contribution is 2.32. The molecule has 0 N–H and O–H groups in total. The number of pyridine rings is 1. The molecule has 2 nitrogen and oxygen atoms in total. The Morgan fingerprint density at radius 2 is 1.56 bits per heavy atom. The largest absolute Gasteiger partial charge is 0.371 e. The number of piperidine rings is 1. The lowest BCUT2D eigenvalue weighted by Gasteiger charge is -2.38. The summed E-state index contributed by atoms with van der Waals surface area (Å²) < 4.78 is 0. The third-order valence-electron chi connectivity index (χ3n) is 3.55. The van der Waals surface area contributed by atoms with E-state index < -0.39 is 0 Å². The normalized spacial score (nSPS) is 19.9. The Bertz CT molecular complexity index is 352. The number of nitrogens with zero attached hydrogens (tertiary/aromatic N) is 2. The van der Waals surface area contributed by atoms with Gasteiger partial charge in [-0.15, -0.1) is 0 Å². The van der Waals surface area contributed by atoms with Gasteiger partial charge in [-0.05, 0) is 44.2 Å². The second-order valence-corrected chi connectivity index (χ2v) is 5.76. The summed E-state index contributed by atoms with van der Waals surface area (Å²) in [7, 11) is 0. The van der Waals surface area contributed by atoms with Gasteiger partial charge in [0.1, 0.15) is 0 Å². The molecule has 0 radical (unpaired) electrons. The molecule has 0 bridgehead atoms. The molecule has 0 aromatic carbocycles. The Kier molecular flexibility index (Phi) is 2.92. The van der Waals surface area contributed by atoms with Gasteiger partial charge >= 0.3 is 0 Å². The third kappa shape index (κ3) is 2.55. The Morgan fingerprint density at radius 1 is 1.06 bits per heavy atom. The summed E-state index contributed by atoms with van der Waals surface area (Å²) in [4.78, 5) is 6.92. The molecule has 1 aliphatic rings. The number of anilines is 1. The van der Waals surface area contributed by atoms with Crippen LogP contribution in [0.25, 0.3) is 0 Å². The minimum atomic E-state index is 0.521. The molecular weight excluding hydrogens is 196 g/mol. The Hall–Kier alpha value is -1.05. The molecule has 0 amide bonds. The summed E-state index contributed by atoms with van der Waals surface area (Å²) in [6.07, 6.45) is 2.57. The standard InChI is InChI=1S/C14H22N2/c1-11-9-13(10-12(2)15-11)16-7-5-14(3,4)6-8-16/h9-10H,5-8H2,1-4H3. The maximum absolute atomic E-state index is 4.43. The smallest absolute Gasteiger partial charge is 0.0402 e. The van der Waals surface area contributed by atoms with Crippen molar-refractivity contribution in [1.82, 2.24) is 4.98 Å². The van der Waals surface area contributed by atoms with Gasteiger partial charge in [-0.3, -0.25) is 4.98 Å². The van der Waals surface area contributed by atoms with E-state index in [9.17, 15) is 0 Å². The molecule has 0 unspecified atom stereocenters. The average molecular weight is 218 g/mol. The molecule has 0 spiro atoms. The first-order valence-corrected chi connectivity index (χ1v) is 6.17. The first-order chi connectivity index (χ1) is 7.46. The number of aromatic nitrogens is 1. The second kappa shape index (κ2) is 4.08. The zero-order valence-corrected chi connectivity index (χ0v) is 10.9. The molecule has 2 heterocycles. The van der Waals surface area contributed by atoms with Crippen molar-refractivity contribution in [2.75, 3.05) is 18.0 Å². The lowest BCUT2D eigenvalue weighted by atomic mass is 9.82. The van der Waals surface area contributed by atoms with Gasteiger partial charge < -0.3 is 4.90 Å². The van der Waals surface area contributed by atoms with E-state index in [1.165, 1.54) is 31.6 Å². The molecule has 0 atom stereocenters. The van der Waals surface area contributed by atoms with Gasteiger partial charge in [0.2, 0.25) is 0 Å². The quantitative estimate of drug-likeness (QED) is 0.719. The van der Waals surface area contributed by atoms with Crippen LogP contribution in [0, 0.1) is 19.3 Å². The fourth-order valence-electron chi connectivity index (χ4n) is 2.37. The van der Waals surface area contributed by atoms with E-state index in [1.807, 2.05) is 0 Å². The third-order valence-corrected chi connectivity index (χ3v) is 3.55. The van der Waals surface area contributed by atoms with Crippen molar-refractivity contribution in [1.29, 1.82) is 0 Å². The molecular formula is C14H22N2. The van der Waals surface area contributed by atoms with Crippen LogP contribution in [0.5, 0.6) is 0 Å². The first kappa shape index (κ1) is 11.4. The highest BCUT2D eigenvalue weighted by Gasteiger charge is 2.25. The predicted octanol–water partition coefficient (Wildman–Crippen LogP) is 3.32. The van der Waals surface area contributed by atoms with Crippen LogP contribution in [0.2, 0.25) is 0 Å². The Labute approximate surface area is 98.7 Å². The molecule has 2 rings (SSSR count). The minimum absolute atomic E-state index is 0.521. The Balaban J connectivity index is 2.14. The average Bonchev–Trinajstić information content (AvgIpc) is 2.15. The van der Waals surface area contributed by atoms with E-state index in [0.717, 1.165) is 11.4 Å². The molecule has 2 heteroatoms. The number of hydrogen-bond acceptors (Lipinski definition) is 2. The van der Waals surface area contributed by atoms with Crippen molar-refractivity contribution < 1.29 is 0 Å². The van der Waals surface area contributed by atoms with E-state index in [-0.39, 0.29) is 0 Å². The molecule has 1 fully saturated rings. The SMILES string of the molecule is Cc1cc(N2CCC(C)(C)CC2)cc(C)n1. The van der Waals surface area contributed by atoms with E-state index >= 15 is 0 Å². The van der Waals surface area contributed by atoms with Crippen LogP contribution in [0.15, 0.2) is 12.1 Å². The van der Waals surface area contributed by atoms with Crippen LogP contribution in [0.4, 0.5) is 5.69 Å². The van der Waals surface area contributed by atoms with Crippen LogP contribution in [0.3, 0.4) is 0 Å². The summed E-state index contributed by atoms with van der Waals surface area (Å²) >= 11 is 0. The predicted molar refractivity (Wildman–Crippen MR) is 68.9 cm³/mol. The molecule has 1 aromatic rings. The molecule has 1 aliphatic heterocycles. The Morgan fingerprint density at radius 3 is 2.06 bits per heavy atom. The maximum Gasteiger partial charge on any atom is 0.0402 e. The monoisotopic (exact) mass is 218 g/mol. The summed E-state index contributed by atoms with van der Waals surface area (Å²) in [6.45, 7) is 11.2. The second-order valence-electron chi connectivity index (χ2n) is 5.76. The van der Waals surface area contributed by atoms with Gasteiger partial charge in [0.05, 0.1) is 0 Å². The van der Waals surface area contributed by atoms with Crippen molar-refractivity contribution >= 4 is 5.69 Å². The summed E-state index contributed by atoms with van der Waals surface area (Å²) in [5, 5.41) is 0. The highest BCUT2D eigenvalue weighted by atomic mass is 15.1. The van der Waals surface area contributed by atoms with Crippen LogP contribution in [-0.2, 0) is 0 Å². The molecule has 1 saturated heterocycles. The van der Waals surface area contributed by atoms with E-state index in [1.54, 1.807) is 0 Å². The van der Waals surface area contributed by atoms with Crippen LogP contribution in [0.1, 0.15) is 38.1 Å². The van der Waals surface area contributed by atoms with Gasteiger partial charge in [-0.25, -0.2) is 0 Å². The fraction of sp³-hybridized carbons (Fsp3) is 0.643. The van der Waals surface area contributed by atoms with Gasteiger partial charge in [-0.1, -0.05) is 13.8 Å². The van der Waals surface area contributed by atoms with Gasteiger partial charge in [0.15, 0.2) is 0 Å². The van der Waals surface area contributed by atoms with Gasteiger partial charge in [0.25, 0.3) is 0 Å². The molecule has 0 saturated carbocycles. The first-order valence-electron chi connectivity index (χ1n) is 6.17. The maximum atomic E-state index is 4.43. The summed E-state index contributed by atoms with van der Waals surface area (Å²) in [6, 6.07) is 4.40. The molecule has 0 aliphatic carbocycles. The lowest BCUT2D eigenvalue weighted by Crippen LogP contribution is -2.37. The number of aryl methyl sites for hydroxylation is 2. The van der Waals surface area contributed by atoms with Crippen molar-refractivity contribution in [2.45, 2.75) is 40.5 Å². The highest BCUT2D eigenvalue weighted by molar-refractivity contribution is 5.48. The van der Waals surface area contributed by atoms with Crippen molar-refractivity contribution in [3.8, 4) is 0 Å². The van der Waals surface area contributed by atoms with E-state index in [0.29, 0.717) is 5.41 Å². The topological polar surface area (TPSA) is 16.1 Å². The molecule has 16 heavy (non-hydrogen) atoms.